The summed E-state index contributed by atoms with van der Waals surface area (Å²) in [7, 11) is 1.51. The number of hydrogen-bond acceptors (Lipinski definition) is 4. The maximum Gasteiger partial charge on any atom is 0.259 e. The van der Waals surface area contributed by atoms with Crippen molar-refractivity contribution < 1.29 is 19.1 Å². The molecule has 6 heteroatoms. The van der Waals surface area contributed by atoms with Gasteiger partial charge in [0.1, 0.15) is 11.5 Å². The molecule has 0 aliphatic heterocycles. The van der Waals surface area contributed by atoms with Gasteiger partial charge in [0.05, 0.1) is 12.7 Å². The maximum atomic E-state index is 12.6. The second-order valence-corrected chi connectivity index (χ2v) is 6.75. The van der Waals surface area contributed by atoms with E-state index in [-0.39, 0.29) is 11.7 Å². The first-order valence-corrected chi connectivity index (χ1v) is 9.36. The summed E-state index contributed by atoms with van der Waals surface area (Å²) >= 11 is 5.95. The van der Waals surface area contributed by atoms with E-state index in [1.807, 2.05) is 0 Å². The molecule has 0 bridgehead atoms. The van der Waals surface area contributed by atoms with Gasteiger partial charge in [0.25, 0.3) is 5.91 Å². The smallest absolute Gasteiger partial charge is 0.259 e. The molecule has 1 amide bonds. The maximum absolute atomic E-state index is 12.6. The van der Waals surface area contributed by atoms with E-state index in [0.29, 0.717) is 33.3 Å². The number of Topliss-reactive ketones (excluding diaryl/α,β-unsaturated/α-hetero) is 1. The number of carbonyl (C=O) groups is 2. The first-order chi connectivity index (χ1) is 14.0. The Morgan fingerprint density at radius 3 is 2.48 bits per heavy atom. The van der Waals surface area contributed by atoms with Gasteiger partial charge in [0.2, 0.25) is 5.78 Å². The monoisotopic (exact) mass is 409 g/mol. The SMILES string of the molecule is COc1ccccc1C(=O)Nc1cccc(OC(C)C(=O)c2cccc(Cl)c2)c1. The molecule has 148 valence electrons. The van der Waals surface area contributed by atoms with Crippen molar-refractivity contribution in [2.45, 2.75) is 13.0 Å². The molecule has 0 saturated heterocycles. The number of halogens is 1. The molecule has 0 radical (unpaired) electrons. The zero-order chi connectivity index (χ0) is 20.8. The van der Waals surface area contributed by atoms with E-state index in [1.165, 1.54) is 7.11 Å². The van der Waals surface area contributed by atoms with Gasteiger partial charge >= 0.3 is 0 Å². The topological polar surface area (TPSA) is 64.6 Å². The van der Waals surface area contributed by atoms with Gasteiger partial charge in [-0.3, -0.25) is 9.59 Å². The number of methoxy groups -OCH3 is 1. The van der Waals surface area contributed by atoms with Crippen molar-refractivity contribution in [3.8, 4) is 11.5 Å². The van der Waals surface area contributed by atoms with Gasteiger partial charge in [-0.1, -0.05) is 41.9 Å². The lowest BCUT2D eigenvalue weighted by molar-refractivity contribution is 0.0818. The van der Waals surface area contributed by atoms with Crippen LogP contribution in [0.25, 0.3) is 0 Å². The van der Waals surface area contributed by atoms with Gasteiger partial charge in [-0.15, -0.1) is 0 Å². The molecule has 0 spiro atoms. The number of hydrogen-bond donors (Lipinski definition) is 1. The zero-order valence-corrected chi connectivity index (χ0v) is 16.8. The predicted octanol–water partition coefficient (Wildman–Crippen LogP) is 5.25. The number of anilines is 1. The van der Waals surface area contributed by atoms with Gasteiger partial charge in [-0.25, -0.2) is 0 Å². The number of ketones is 1. The fourth-order valence-electron chi connectivity index (χ4n) is 2.81. The van der Waals surface area contributed by atoms with Crippen molar-refractivity contribution in [2.24, 2.45) is 0 Å². The Kier molecular flexibility index (Phi) is 6.52. The van der Waals surface area contributed by atoms with E-state index in [9.17, 15) is 9.59 Å². The number of ether oxygens (including phenoxy) is 2. The van der Waals surface area contributed by atoms with Gasteiger partial charge < -0.3 is 14.8 Å². The lowest BCUT2D eigenvalue weighted by Crippen LogP contribution is -2.24. The van der Waals surface area contributed by atoms with Crippen molar-refractivity contribution >= 4 is 29.0 Å². The molecular formula is C23H20ClNO4. The van der Waals surface area contributed by atoms with Gasteiger partial charge in [-0.05, 0) is 43.3 Å². The molecule has 1 N–H and O–H groups in total. The molecule has 0 aromatic heterocycles. The first-order valence-electron chi connectivity index (χ1n) is 8.99. The molecule has 29 heavy (non-hydrogen) atoms. The Morgan fingerprint density at radius 1 is 0.966 bits per heavy atom. The Bertz CT molecular complexity index is 1030. The van der Waals surface area contributed by atoms with Crippen LogP contribution in [0.15, 0.2) is 72.8 Å². The van der Waals surface area contributed by atoms with Crippen LogP contribution < -0.4 is 14.8 Å². The van der Waals surface area contributed by atoms with Crippen LogP contribution in [0.5, 0.6) is 11.5 Å². The Labute approximate surface area is 174 Å². The minimum atomic E-state index is -0.714. The number of carbonyl (C=O) groups excluding carboxylic acids is 2. The summed E-state index contributed by atoms with van der Waals surface area (Å²) in [5, 5.41) is 3.30. The highest BCUT2D eigenvalue weighted by molar-refractivity contribution is 6.31. The molecule has 0 aliphatic rings. The highest BCUT2D eigenvalue weighted by Crippen LogP contribution is 2.23. The van der Waals surface area contributed by atoms with Gasteiger partial charge in [-0.2, -0.15) is 0 Å². The molecule has 3 rings (SSSR count). The average molecular weight is 410 g/mol. The second-order valence-electron chi connectivity index (χ2n) is 6.32. The summed E-state index contributed by atoms with van der Waals surface area (Å²) < 4.78 is 11.0. The molecule has 0 saturated carbocycles. The van der Waals surface area contributed by atoms with Gasteiger partial charge in [0.15, 0.2) is 6.10 Å². The van der Waals surface area contributed by atoms with Crippen molar-refractivity contribution in [1.29, 1.82) is 0 Å². The van der Waals surface area contributed by atoms with Gasteiger partial charge in [0, 0.05) is 22.3 Å². The third kappa shape index (κ3) is 5.15. The quantitative estimate of drug-likeness (QED) is 0.541. The Balaban J connectivity index is 1.71. The lowest BCUT2D eigenvalue weighted by atomic mass is 10.1. The number of rotatable bonds is 7. The summed E-state index contributed by atoms with van der Waals surface area (Å²) in [4.78, 5) is 25.1. The van der Waals surface area contributed by atoms with Crippen molar-refractivity contribution in [3.63, 3.8) is 0 Å². The Morgan fingerprint density at radius 2 is 1.72 bits per heavy atom. The van der Waals surface area contributed by atoms with Crippen molar-refractivity contribution in [2.75, 3.05) is 12.4 Å². The second kappa shape index (κ2) is 9.26. The minimum absolute atomic E-state index is 0.184. The molecular weight excluding hydrogens is 390 g/mol. The third-order valence-corrected chi connectivity index (χ3v) is 4.47. The predicted molar refractivity (Wildman–Crippen MR) is 113 cm³/mol. The number of benzene rings is 3. The summed E-state index contributed by atoms with van der Waals surface area (Å²) in [6, 6.07) is 20.5. The highest BCUT2D eigenvalue weighted by Gasteiger charge is 2.18. The van der Waals surface area contributed by atoms with E-state index >= 15 is 0 Å². The lowest BCUT2D eigenvalue weighted by Gasteiger charge is -2.15. The number of amides is 1. The standard InChI is InChI=1S/C23H20ClNO4/c1-15(22(26)16-7-5-8-17(24)13-16)29-19-10-6-9-18(14-19)25-23(27)20-11-3-4-12-21(20)28-2/h3-15H,1-2H3,(H,25,27). The van der Waals surface area contributed by atoms with E-state index in [4.69, 9.17) is 21.1 Å². The molecule has 3 aromatic rings. The average Bonchev–Trinajstić information content (AvgIpc) is 2.73. The molecule has 5 nitrogen and oxygen atoms in total. The van der Waals surface area contributed by atoms with Crippen LogP contribution in [-0.2, 0) is 0 Å². The Hall–Kier alpha value is -3.31. The molecule has 1 unspecified atom stereocenters. The van der Waals surface area contributed by atoms with Crippen LogP contribution in [0.3, 0.4) is 0 Å². The van der Waals surface area contributed by atoms with E-state index < -0.39 is 6.10 Å². The van der Waals surface area contributed by atoms with Crippen LogP contribution >= 0.6 is 11.6 Å². The normalized spacial score (nSPS) is 11.4. The number of para-hydroxylation sites is 1. The van der Waals surface area contributed by atoms with Crippen molar-refractivity contribution in [1.82, 2.24) is 0 Å². The summed E-state index contributed by atoms with van der Waals surface area (Å²) in [5.74, 6) is 0.461. The summed E-state index contributed by atoms with van der Waals surface area (Å²) in [6.07, 6.45) is -0.714. The van der Waals surface area contributed by atoms with Crippen LogP contribution in [0, 0.1) is 0 Å². The van der Waals surface area contributed by atoms with E-state index in [0.717, 1.165) is 0 Å². The molecule has 3 aromatic carbocycles. The number of nitrogens with one attached hydrogen (secondary N) is 1. The fraction of sp³-hybridized carbons (Fsp3) is 0.130. The van der Waals surface area contributed by atoms with Crippen LogP contribution in [-0.4, -0.2) is 24.9 Å². The minimum Gasteiger partial charge on any atom is -0.496 e. The molecule has 0 heterocycles. The summed E-state index contributed by atoms with van der Waals surface area (Å²) in [5.41, 5.74) is 1.44. The molecule has 0 aliphatic carbocycles. The summed E-state index contributed by atoms with van der Waals surface area (Å²) in [6.45, 7) is 1.67. The third-order valence-electron chi connectivity index (χ3n) is 4.23. The molecule has 1 atom stereocenters. The van der Waals surface area contributed by atoms with E-state index in [2.05, 4.69) is 5.32 Å². The highest BCUT2D eigenvalue weighted by atomic mass is 35.5. The van der Waals surface area contributed by atoms with E-state index in [1.54, 1.807) is 79.7 Å². The van der Waals surface area contributed by atoms with Crippen LogP contribution in [0.2, 0.25) is 5.02 Å². The first kappa shape index (κ1) is 20.4. The van der Waals surface area contributed by atoms with Crippen molar-refractivity contribution in [3.05, 3.63) is 88.9 Å². The van der Waals surface area contributed by atoms with Crippen LogP contribution in [0.1, 0.15) is 27.6 Å². The molecule has 0 fully saturated rings. The largest absolute Gasteiger partial charge is 0.496 e. The van der Waals surface area contributed by atoms with Crippen LogP contribution in [0.4, 0.5) is 5.69 Å². The zero-order valence-electron chi connectivity index (χ0n) is 16.0. The fourth-order valence-corrected chi connectivity index (χ4v) is 3.00.